The third-order valence-corrected chi connectivity index (χ3v) is 9.79. The summed E-state index contributed by atoms with van der Waals surface area (Å²) in [7, 11) is 0. The van der Waals surface area contributed by atoms with E-state index < -0.39 is 17.5 Å². The maximum atomic E-state index is 14.5. The second-order valence-electron chi connectivity index (χ2n) is 11.1. The molecule has 6 nitrogen and oxygen atoms in total. The number of oxime groups is 1. The fourth-order valence-corrected chi connectivity index (χ4v) is 7.90. The summed E-state index contributed by atoms with van der Waals surface area (Å²) in [5.74, 6) is -1.12. The minimum atomic E-state index is -1.45. The molecule has 172 valence electrons. The maximum absolute atomic E-state index is 14.5. The Hall–Kier alpha value is -1.34. The van der Waals surface area contributed by atoms with E-state index >= 15 is 0 Å². The molecule has 4 aliphatic carbocycles. The number of fused-ring (bicyclic) bond motifs is 5. The van der Waals surface area contributed by atoms with Crippen LogP contribution in [0, 0.1) is 40.4 Å². The zero-order chi connectivity index (χ0) is 22.0. The highest BCUT2D eigenvalue weighted by molar-refractivity contribution is 5.95. The third kappa shape index (κ3) is 3.13. The van der Waals surface area contributed by atoms with Crippen LogP contribution in [0.1, 0.15) is 58.8 Å². The van der Waals surface area contributed by atoms with Crippen molar-refractivity contribution in [3.8, 4) is 0 Å². The fourth-order valence-electron chi connectivity index (χ4n) is 7.90. The number of aliphatic hydroxyl groups excluding tert-OH is 1. The monoisotopic (exact) mass is 434 g/mol. The molecular formula is C24H35FN2O4. The first-order valence-corrected chi connectivity index (χ1v) is 12.0. The summed E-state index contributed by atoms with van der Waals surface area (Å²) in [5, 5.41) is 18.0. The van der Waals surface area contributed by atoms with Crippen molar-refractivity contribution in [3.05, 3.63) is 0 Å². The zero-order valence-electron chi connectivity index (χ0n) is 18.6. The van der Waals surface area contributed by atoms with Crippen molar-refractivity contribution in [1.29, 1.82) is 0 Å². The summed E-state index contributed by atoms with van der Waals surface area (Å²) in [6, 6.07) is 0. The quantitative estimate of drug-likeness (QED) is 0.667. The van der Waals surface area contributed by atoms with Crippen molar-refractivity contribution >= 4 is 17.3 Å². The lowest BCUT2D eigenvalue weighted by molar-refractivity contribution is -0.166. The van der Waals surface area contributed by atoms with Crippen LogP contribution in [0.4, 0.5) is 4.39 Å². The molecular weight excluding hydrogens is 399 g/mol. The van der Waals surface area contributed by atoms with Crippen molar-refractivity contribution in [2.45, 2.75) is 71.1 Å². The van der Waals surface area contributed by atoms with Crippen molar-refractivity contribution in [3.63, 3.8) is 0 Å². The second-order valence-corrected chi connectivity index (χ2v) is 11.1. The lowest BCUT2D eigenvalue weighted by atomic mass is 9.43. The van der Waals surface area contributed by atoms with Crippen molar-refractivity contribution < 1.29 is 23.9 Å². The molecule has 1 heterocycles. The van der Waals surface area contributed by atoms with Gasteiger partial charge in [-0.25, -0.2) is 4.39 Å². The number of carbonyl (C=O) groups excluding carboxylic acids is 2. The number of carbonyl (C=O) groups is 2. The van der Waals surface area contributed by atoms with Gasteiger partial charge in [0.15, 0.2) is 12.0 Å². The molecule has 0 radical (unpaired) electrons. The summed E-state index contributed by atoms with van der Waals surface area (Å²) >= 11 is 0. The van der Waals surface area contributed by atoms with Gasteiger partial charge in [0.05, 0.1) is 12.3 Å². The highest BCUT2D eigenvalue weighted by Gasteiger charge is 2.66. The molecule has 7 heteroatoms. The van der Waals surface area contributed by atoms with Gasteiger partial charge in [0.2, 0.25) is 0 Å². The number of rotatable bonds is 3. The molecule has 0 aromatic carbocycles. The number of alkyl halides is 1. The van der Waals surface area contributed by atoms with Crippen LogP contribution < -0.4 is 5.32 Å². The standard InChI is InChI=1S/C24H35FN2O4/c1-23-6-3-13(27-31-14-5-8-26-11-14)9-17(23)15(12-28)21(29)20-16(23)4-7-24(2)18(20)10-19(25)22(24)30/h14-20,26,28H,3-12H2,1-2H3/t14?,15-,16?,17?,18?,19?,20?,23-,24+/m1/s1. The molecule has 0 spiro atoms. The van der Waals surface area contributed by atoms with Gasteiger partial charge >= 0.3 is 0 Å². The highest BCUT2D eigenvalue weighted by atomic mass is 19.1. The molecule has 31 heavy (non-hydrogen) atoms. The van der Waals surface area contributed by atoms with E-state index in [1.807, 2.05) is 6.92 Å². The van der Waals surface area contributed by atoms with Crippen LogP contribution in [0.5, 0.6) is 0 Å². The van der Waals surface area contributed by atoms with Gasteiger partial charge in [-0.3, -0.25) is 9.59 Å². The van der Waals surface area contributed by atoms with Crippen LogP contribution in [-0.4, -0.2) is 54.4 Å². The summed E-state index contributed by atoms with van der Waals surface area (Å²) in [5.41, 5.74) is 0.141. The fraction of sp³-hybridized carbons (Fsp3) is 0.875. The van der Waals surface area contributed by atoms with Crippen molar-refractivity contribution in [2.24, 2.45) is 45.6 Å². The van der Waals surface area contributed by atoms with Gasteiger partial charge in [-0.15, -0.1) is 0 Å². The number of aliphatic hydroxyl groups is 1. The second kappa shape index (κ2) is 7.62. The van der Waals surface area contributed by atoms with Crippen LogP contribution in [0.3, 0.4) is 0 Å². The first kappa shape index (κ1) is 21.5. The first-order valence-electron chi connectivity index (χ1n) is 12.0. The van der Waals surface area contributed by atoms with Crippen LogP contribution in [0.2, 0.25) is 0 Å². The maximum Gasteiger partial charge on any atom is 0.173 e. The Bertz CT molecular complexity index is 796. The molecule has 0 amide bonds. The lowest BCUT2D eigenvalue weighted by Gasteiger charge is -2.60. The molecule has 0 aromatic heterocycles. The lowest BCUT2D eigenvalue weighted by Crippen LogP contribution is -2.61. The van der Waals surface area contributed by atoms with Crippen LogP contribution >= 0.6 is 0 Å². The van der Waals surface area contributed by atoms with E-state index in [0.717, 1.165) is 44.5 Å². The topological polar surface area (TPSA) is 88.0 Å². The number of hydrogen-bond donors (Lipinski definition) is 2. The van der Waals surface area contributed by atoms with Crippen molar-refractivity contribution in [1.82, 2.24) is 5.32 Å². The van der Waals surface area contributed by atoms with E-state index in [4.69, 9.17) is 4.84 Å². The predicted octanol–water partition coefficient (Wildman–Crippen LogP) is 2.68. The molecule has 5 fully saturated rings. The zero-order valence-corrected chi connectivity index (χ0v) is 18.6. The average molecular weight is 435 g/mol. The Morgan fingerprint density at radius 1 is 1.19 bits per heavy atom. The van der Waals surface area contributed by atoms with Crippen LogP contribution in [-0.2, 0) is 14.4 Å². The Kier molecular flexibility index (Phi) is 5.28. The van der Waals surface area contributed by atoms with Gasteiger partial charge in [0.1, 0.15) is 11.9 Å². The highest BCUT2D eigenvalue weighted by Crippen LogP contribution is 2.65. The number of nitrogens with zero attached hydrogens (tertiary/aromatic N) is 1. The van der Waals surface area contributed by atoms with Gasteiger partial charge in [0, 0.05) is 30.2 Å². The van der Waals surface area contributed by atoms with Crippen LogP contribution in [0.25, 0.3) is 0 Å². The van der Waals surface area contributed by atoms with Gasteiger partial charge in [0.25, 0.3) is 0 Å². The largest absolute Gasteiger partial charge is 0.396 e. The molecule has 6 unspecified atom stereocenters. The van der Waals surface area contributed by atoms with Gasteiger partial charge < -0.3 is 15.3 Å². The Labute approximate surface area is 183 Å². The average Bonchev–Trinajstić information content (AvgIpc) is 3.35. The minimum Gasteiger partial charge on any atom is -0.396 e. The number of Topliss-reactive ketones (excluding diaryl/α,β-unsaturated/α-hetero) is 2. The van der Waals surface area contributed by atoms with E-state index in [9.17, 15) is 19.1 Å². The Balaban J connectivity index is 1.42. The number of hydrogen-bond acceptors (Lipinski definition) is 6. The number of halogens is 1. The summed E-state index contributed by atoms with van der Waals surface area (Å²) in [4.78, 5) is 32.0. The molecule has 9 atom stereocenters. The summed E-state index contributed by atoms with van der Waals surface area (Å²) in [6.07, 6.45) is 3.61. The van der Waals surface area contributed by atoms with E-state index in [2.05, 4.69) is 17.4 Å². The smallest absolute Gasteiger partial charge is 0.173 e. The minimum absolute atomic E-state index is 0.0201. The Morgan fingerprint density at radius 2 is 2.00 bits per heavy atom. The van der Waals surface area contributed by atoms with Gasteiger partial charge in [-0.1, -0.05) is 19.0 Å². The molecule has 0 bridgehead atoms. The predicted molar refractivity (Wildman–Crippen MR) is 113 cm³/mol. The number of ketones is 2. The molecule has 0 aromatic rings. The normalized spacial score (nSPS) is 50.8. The van der Waals surface area contributed by atoms with Crippen molar-refractivity contribution in [2.75, 3.05) is 19.7 Å². The van der Waals surface area contributed by atoms with E-state index in [-0.39, 0.29) is 59.8 Å². The molecule has 5 aliphatic rings. The van der Waals surface area contributed by atoms with E-state index in [1.54, 1.807) is 0 Å². The Morgan fingerprint density at radius 3 is 2.71 bits per heavy atom. The van der Waals surface area contributed by atoms with Gasteiger partial charge in [-0.05, 0) is 68.2 Å². The van der Waals surface area contributed by atoms with Crippen LogP contribution in [0.15, 0.2) is 5.16 Å². The van der Waals surface area contributed by atoms with Gasteiger partial charge in [-0.2, -0.15) is 0 Å². The summed E-state index contributed by atoms with van der Waals surface area (Å²) < 4.78 is 14.5. The first-order chi connectivity index (χ1) is 14.8. The molecule has 2 N–H and O–H groups in total. The number of nitrogens with one attached hydrogen (secondary N) is 1. The SMILES string of the molecule is C[C@]12CCC(=NOC3CCNC3)CC1[C@@H](CO)C(=O)C1C2CC[C@]2(C)C(=O)C(F)CC12. The summed E-state index contributed by atoms with van der Waals surface area (Å²) in [6.45, 7) is 5.69. The molecule has 1 aliphatic heterocycles. The van der Waals surface area contributed by atoms with E-state index in [0.29, 0.717) is 12.8 Å². The molecule has 4 saturated carbocycles. The molecule has 5 rings (SSSR count). The third-order valence-electron chi connectivity index (χ3n) is 9.79. The van der Waals surface area contributed by atoms with E-state index in [1.165, 1.54) is 0 Å². The molecule has 1 saturated heterocycles.